The Morgan fingerprint density at radius 3 is 2.73 bits per heavy atom. The smallest absolute Gasteiger partial charge is 0.00771 e. The molecule has 0 amide bonds. The van der Waals surface area contributed by atoms with E-state index in [1.807, 2.05) is 0 Å². The zero-order chi connectivity index (χ0) is 8.53. The van der Waals surface area contributed by atoms with Crippen LogP contribution in [0.25, 0.3) is 0 Å². The largest absolute Gasteiger partial charge is 0.330 e. The highest BCUT2D eigenvalue weighted by Gasteiger charge is 1.93. The van der Waals surface area contributed by atoms with Crippen molar-refractivity contribution in [1.29, 1.82) is 0 Å². The molecular weight excluding hydrogens is 134 g/mol. The van der Waals surface area contributed by atoms with Crippen molar-refractivity contribution in [3.8, 4) is 0 Å². The molecule has 11 heavy (non-hydrogen) atoms. The third kappa shape index (κ3) is 7.60. The summed E-state index contributed by atoms with van der Waals surface area (Å²) < 4.78 is 0. The van der Waals surface area contributed by atoms with E-state index >= 15 is 0 Å². The summed E-state index contributed by atoms with van der Waals surface area (Å²) >= 11 is 0. The fourth-order valence-corrected chi connectivity index (χ4v) is 1.03. The van der Waals surface area contributed by atoms with Crippen LogP contribution in [0.5, 0.6) is 0 Å². The van der Waals surface area contributed by atoms with Gasteiger partial charge >= 0.3 is 0 Å². The Hall–Kier alpha value is -0.300. The molecule has 0 bridgehead atoms. The number of hydrogen-bond donors (Lipinski definition) is 1. The van der Waals surface area contributed by atoms with E-state index < -0.39 is 0 Å². The molecule has 0 aliphatic carbocycles. The molecule has 2 N–H and O–H groups in total. The first-order chi connectivity index (χ1) is 5.31. The minimum absolute atomic E-state index is 0.713. The average Bonchev–Trinajstić information content (AvgIpc) is 2.01. The highest BCUT2D eigenvalue weighted by molar-refractivity contribution is 4.85. The van der Waals surface area contributed by atoms with Gasteiger partial charge in [-0.2, -0.15) is 0 Å². The molecule has 1 heteroatoms. The Labute approximate surface area is 70.7 Å². The van der Waals surface area contributed by atoms with Crippen molar-refractivity contribution in [1.82, 2.24) is 0 Å². The minimum Gasteiger partial charge on any atom is -0.330 e. The summed E-state index contributed by atoms with van der Waals surface area (Å²) in [6.07, 6.45) is 9.43. The zero-order valence-corrected chi connectivity index (χ0v) is 7.84. The summed E-state index contributed by atoms with van der Waals surface area (Å²) in [5, 5.41) is 0. The average molecular weight is 155 g/mol. The summed E-state index contributed by atoms with van der Waals surface area (Å²) in [5.74, 6) is 0.713. The van der Waals surface area contributed by atoms with Crippen molar-refractivity contribution in [3.63, 3.8) is 0 Å². The molecular formula is C10H21N. The second-order valence-corrected chi connectivity index (χ2v) is 3.13. The second kappa shape index (κ2) is 7.80. The fourth-order valence-electron chi connectivity index (χ4n) is 1.03. The van der Waals surface area contributed by atoms with Gasteiger partial charge in [-0.1, -0.05) is 32.4 Å². The number of hydrogen-bond acceptors (Lipinski definition) is 1. The molecule has 0 aliphatic rings. The topological polar surface area (TPSA) is 26.0 Å². The van der Waals surface area contributed by atoms with Gasteiger partial charge in [0.15, 0.2) is 0 Å². The molecule has 0 aromatic carbocycles. The Morgan fingerprint density at radius 1 is 1.45 bits per heavy atom. The SMILES string of the molecule is CCCC=CC(C)CCCN. The van der Waals surface area contributed by atoms with Crippen LogP contribution in [0.1, 0.15) is 39.5 Å². The monoisotopic (exact) mass is 155 g/mol. The fraction of sp³-hybridized carbons (Fsp3) is 0.800. The number of rotatable bonds is 6. The van der Waals surface area contributed by atoms with Crippen molar-refractivity contribution in [2.24, 2.45) is 11.7 Å². The third-order valence-corrected chi connectivity index (χ3v) is 1.78. The summed E-state index contributed by atoms with van der Waals surface area (Å²) in [6.45, 7) is 5.28. The van der Waals surface area contributed by atoms with Gasteiger partial charge in [0.2, 0.25) is 0 Å². The van der Waals surface area contributed by atoms with Gasteiger partial charge in [0, 0.05) is 0 Å². The van der Waals surface area contributed by atoms with Crippen molar-refractivity contribution in [2.45, 2.75) is 39.5 Å². The van der Waals surface area contributed by atoms with Crippen LogP contribution in [0.2, 0.25) is 0 Å². The molecule has 0 aromatic rings. The molecule has 0 aromatic heterocycles. The minimum atomic E-state index is 0.713. The normalized spacial score (nSPS) is 14.1. The van der Waals surface area contributed by atoms with Crippen molar-refractivity contribution in [2.75, 3.05) is 6.54 Å². The van der Waals surface area contributed by atoms with Gasteiger partial charge in [-0.15, -0.1) is 0 Å². The molecule has 0 aliphatic heterocycles. The van der Waals surface area contributed by atoms with Crippen LogP contribution in [-0.2, 0) is 0 Å². The molecule has 66 valence electrons. The lowest BCUT2D eigenvalue weighted by atomic mass is 10.0. The first-order valence-corrected chi connectivity index (χ1v) is 4.68. The summed E-state index contributed by atoms with van der Waals surface area (Å²) in [6, 6.07) is 0. The van der Waals surface area contributed by atoms with E-state index in [2.05, 4.69) is 26.0 Å². The van der Waals surface area contributed by atoms with Gasteiger partial charge in [0.25, 0.3) is 0 Å². The van der Waals surface area contributed by atoms with E-state index in [0.29, 0.717) is 5.92 Å². The molecule has 0 rings (SSSR count). The maximum Gasteiger partial charge on any atom is -0.00771 e. The van der Waals surface area contributed by atoms with E-state index in [9.17, 15) is 0 Å². The maximum atomic E-state index is 5.41. The molecule has 1 nitrogen and oxygen atoms in total. The standard InChI is InChI=1S/C10H21N/c1-3-4-5-7-10(2)8-6-9-11/h5,7,10H,3-4,6,8-9,11H2,1-2H3. The van der Waals surface area contributed by atoms with Gasteiger partial charge in [-0.25, -0.2) is 0 Å². The van der Waals surface area contributed by atoms with E-state index in [1.54, 1.807) is 0 Å². The number of allylic oxidation sites excluding steroid dienone is 2. The Balaban J connectivity index is 3.27. The molecule has 1 unspecified atom stereocenters. The Bertz CT molecular complexity index is 97.0. The lowest BCUT2D eigenvalue weighted by molar-refractivity contribution is 0.611. The molecule has 1 atom stereocenters. The van der Waals surface area contributed by atoms with Crippen LogP contribution in [0.4, 0.5) is 0 Å². The van der Waals surface area contributed by atoms with E-state index in [0.717, 1.165) is 13.0 Å². The predicted octanol–water partition coefficient (Wildman–Crippen LogP) is 2.72. The molecule has 0 saturated carbocycles. The van der Waals surface area contributed by atoms with Gasteiger partial charge in [0.1, 0.15) is 0 Å². The van der Waals surface area contributed by atoms with Gasteiger partial charge in [-0.05, 0) is 31.7 Å². The van der Waals surface area contributed by atoms with Gasteiger partial charge < -0.3 is 5.73 Å². The first-order valence-electron chi connectivity index (χ1n) is 4.68. The molecule has 0 spiro atoms. The maximum absolute atomic E-state index is 5.41. The molecule has 0 fully saturated rings. The lowest BCUT2D eigenvalue weighted by Gasteiger charge is -2.03. The van der Waals surface area contributed by atoms with E-state index in [-0.39, 0.29) is 0 Å². The van der Waals surface area contributed by atoms with Crippen LogP contribution in [0.15, 0.2) is 12.2 Å². The van der Waals surface area contributed by atoms with Gasteiger partial charge in [0.05, 0.1) is 0 Å². The van der Waals surface area contributed by atoms with E-state index in [1.165, 1.54) is 19.3 Å². The third-order valence-electron chi connectivity index (χ3n) is 1.78. The zero-order valence-electron chi connectivity index (χ0n) is 7.84. The van der Waals surface area contributed by atoms with Gasteiger partial charge in [-0.3, -0.25) is 0 Å². The molecule has 0 saturated heterocycles. The summed E-state index contributed by atoms with van der Waals surface area (Å²) in [4.78, 5) is 0. The van der Waals surface area contributed by atoms with Crippen LogP contribution < -0.4 is 5.73 Å². The van der Waals surface area contributed by atoms with Crippen LogP contribution in [0, 0.1) is 5.92 Å². The van der Waals surface area contributed by atoms with Crippen LogP contribution in [0.3, 0.4) is 0 Å². The molecule has 0 radical (unpaired) electrons. The quantitative estimate of drug-likeness (QED) is 0.586. The molecule has 0 heterocycles. The second-order valence-electron chi connectivity index (χ2n) is 3.13. The van der Waals surface area contributed by atoms with Crippen molar-refractivity contribution < 1.29 is 0 Å². The highest BCUT2D eigenvalue weighted by Crippen LogP contribution is 2.06. The van der Waals surface area contributed by atoms with Crippen LogP contribution >= 0.6 is 0 Å². The highest BCUT2D eigenvalue weighted by atomic mass is 14.5. The van der Waals surface area contributed by atoms with Crippen molar-refractivity contribution >= 4 is 0 Å². The first kappa shape index (κ1) is 10.7. The van der Waals surface area contributed by atoms with Crippen LogP contribution in [-0.4, -0.2) is 6.54 Å². The lowest BCUT2D eigenvalue weighted by Crippen LogP contribution is -2.00. The summed E-state index contributed by atoms with van der Waals surface area (Å²) in [7, 11) is 0. The van der Waals surface area contributed by atoms with E-state index in [4.69, 9.17) is 5.73 Å². The summed E-state index contributed by atoms with van der Waals surface area (Å²) in [5.41, 5.74) is 5.41. The Kier molecular flexibility index (Phi) is 7.59. The van der Waals surface area contributed by atoms with Crippen molar-refractivity contribution in [3.05, 3.63) is 12.2 Å². The predicted molar refractivity (Wildman–Crippen MR) is 51.5 cm³/mol. The number of unbranched alkanes of at least 4 members (excludes halogenated alkanes) is 1. The Morgan fingerprint density at radius 2 is 2.18 bits per heavy atom. The number of nitrogens with two attached hydrogens (primary N) is 1.